The summed E-state index contributed by atoms with van der Waals surface area (Å²) >= 11 is 6.08. The number of nitrogens with one attached hydrogen (secondary N) is 1. The second-order valence-electron chi connectivity index (χ2n) is 5.34. The average molecular weight is 392 g/mol. The van der Waals surface area contributed by atoms with E-state index < -0.39 is 0 Å². The predicted molar refractivity (Wildman–Crippen MR) is 106 cm³/mol. The Kier molecular flexibility index (Phi) is 13.0. The van der Waals surface area contributed by atoms with Crippen molar-refractivity contribution in [3.05, 3.63) is 70.7 Å². The van der Waals surface area contributed by atoms with Crippen molar-refractivity contribution in [1.29, 1.82) is 0 Å². The van der Waals surface area contributed by atoms with Gasteiger partial charge in [0.1, 0.15) is 0 Å². The van der Waals surface area contributed by atoms with E-state index >= 15 is 0 Å². The van der Waals surface area contributed by atoms with Crippen molar-refractivity contribution in [3.8, 4) is 0 Å². The maximum atomic E-state index is 6.08. The normalized spacial score (nSPS) is 10.1. The molecule has 0 aliphatic rings. The van der Waals surface area contributed by atoms with Crippen LogP contribution in [0.2, 0.25) is 5.02 Å². The highest BCUT2D eigenvalue weighted by molar-refractivity contribution is 6.31. The topological polar surface area (TPSA) is 24.5 Å². The molecule has 0 radical (unpaired) electrons. The molecule has 2 aromatic carbocycles. The van der Waals surface area contributed by atoms with E-state index in [0.29, 0.717) is 13.2 Å². The van der Waals surface area contributed by atoms with Gasteiger partial charge < -0.3 is 9.74 Å². The second-order valence-corrected chi connectivity index (χ2v) is 5.75. The molecular formula is C18H25Cl3N2O. The molecule has 0 saturated carbocycles. The number of benzene rings is 2. The lowest BCUT2D eigenvalue weighted by atomic mass is 10.2. The maximum Gasteiger partial charge on any atom is 0.0694 e. The van der Waals surface area contributed by atoms with Crippen LogP contribution >= 0.6 is 36.4 Å². The number of hydrogen-bond donors (Lipinski definition) is 1. The van der Waals surface area contributed by atoms with Crippen LogP contribution in [0.5, 0.6) is 0 Å². The Balaban J connectivity index is 0.00000264. The van der Waals surface area contributed by atoms with Crippen LogP contribution in [0.1, 0.15) is 17.5 Å². The van der Waals surface area contributed by atoms with Gasteiger partial charge in [-0.25, -0.2) is 0 Å². The minimum Gasteiger partial charge on any atom is -0.302 e. The quantitative estimate of drug-likeness (QED) is 0.494. The summed E-state index contributed by atoms with van der Waals surface area (Å²) in [5.41, 5.74) is 5.35. The summed E-state index contributed by atoms with van der Waals surface area (Å²) in [6.07, 6.45) is 0.985. The third-order valence-electron chi connectivity index (χ3n) is 3.40. The van der Waals surface area contributed by atoms with Crippen LogP contribution in [0.3, 0.4) is 0 Å². The molecule has 1 N–H and O–H groups in total. The van der Waals surface area contributed by atoms with Crippen LogP contribution < -0.4 is 5.48 Å². The van der Waals surface area contributed by atoms with Crippen molar-refractivity contribution < 1.29 is 4.84 Å². The first-order valence-electron chi connectivity index (χ1n) is 7.56. The van der Waals surface area contributed by atoms with Crippen molar-refractivity contribution in [3.63, 3.8) is 0 Å². The highest BCUT2D eigenvalue weighted by Gasteiger charge is 2.01. The van der Waals surface area contributed by atoms with Gasteiger partial charge in [0.2, 0.25) is 0 Å². The van der Waals surface area contributed by atoms with E-state index in [4.69, 9.17) is 16.4 Å². The SMILES string of the molecule is CN(CCCONCc1ccccc1Cl)Cc1ccccc1.Cl.Cl. The molecule has 0 amide bonds. The maximum absolute atomic E-state index is 6.08. The van der Waals surface area contributed by atoms with Gasteiger partial charge in [0.05, 0.1) is 6.61 Å². The number of rotatable bonds is 9. The van der Waals surface area contributed by atoms with Crippen molar-refractivity contribution >= 4 is 36.4 Å². The van der Waals surface area contributed by atoms with Gasteiger partial charge in [-0.15, -0.1) is 24.8 Å². The highest BCUT2D eigenvalue weighted by Crippen LogP contribution is 2.14. The number of nitrogens with zero attached hydrogens (tertiary/aromatic N) is 1. The summed E-state index contributed by atoms with van der Waals surface area (Å²) < 4.78 is 0. The molecule has 6 heteroatoms. The van der Waals surface area contributed by atoms with Crippen LogP contribution in [0.25, 0.3) is 0 Å². The molecule has 0 atom stereocenters. The molecule has 2 rings (SSSR count). The molecule has 0 saturated heterocycles. The molecular weight excluding hydrogens is 367 g/mol. The summed E-state index contributed by atoms with van der Waals surface area (Å²) in [5.74, 6) is 0. The van der Waals surface area contributed by atoms with E-state index in [1.54, 1.807) is 0 Å². The van der Waals surface area contributed by atoms with Crippen LogP contribution in [0.15, 0.2) is 54.6 Å². The third kappa shape index (κ3) is 8.88. The molecule has 0 spiro atoms. The summed E-state index contributed by atoms with van der Waals surface area (Å²) in [5, 5.41) is 0.765. The van der Waals surface area contributed by atoms with Gasteiger partial charge in [-0.05, 0) is 30.7 Å². The molecule has 0 heterocycles. The lowest BCUT2D eigenvalue weighted by molar-refractivity contribution is 0.0314. The van der Waals surface area contributed by atoms with Gasteiger partial charge in [-0.2, -0.15) is 5.48 Å². The van der Waals surface area contributed by atoms with Gasteiger partial charge in [-0.1, -0.05) is 60.1 Å². The Morgan fingerprint density at radius 1 is 1.00 bits per heavy atom. The minimum atomic E-state index is 0. The van der Waals surface area contributed by atoms with Gasteiger partial charge in [0, 0.05) is 24.7 Å². The van der Waals surface area contributed by atoms with Crippen LogP contribution in [0.4, 0.5) is 0 Å². The molecule has 0 aromatic heterocycles. The number of hydrogen-bond acceptors (Lipinski definition) is 3. The van der Waals surface area contributed by atoms with Crippen LogP contribution in [-0.2, 0) is 17.9 Å². The second kappa shape index (κ2) is 13.5. The highest BCUT2D eigenvalue weighted by atomic mass is 35.5. The molecule has 24 heavy (non-hydrogen) atoms. The minimum absolute atomic E-state index is 0. The zero-order valence-corrected chi connectivity index (χ0v) is 16.2. The van der Waals surface area contributed by atoms with E-state index in [0.717, 1.165) is 30.1 Å². The largest absolute Gasteiger partial charge is 0.302 e. The number of halogens is 3. The summed E-state index contributed by atoms with van der Waals surface area (Å²) in [4.78, 5) is 7.76. The van der Waals surface area contributed by atoms with Gasteiger partial charge in [0.25, 0.3) is 0 Å². The lowest BCUT2D eigenvalue weighted by Crippen LogP contribution is -2.22. The Bertz CT molecular complexity index is 555. The van der Waals surface area contributed by atoms with E-state index in [2.05, 4.69) is 41.7 Å². The fraction of sp³-hybridized carbons (Fsp3) is 0.333. The smallest absolute Gasteiger partial charge is 0.0694 e. The van der Waals surface area contributed by atoms with Gasteiger partial charge in [0.15, 0.2) is 0 Å². The van der Waals surface area contributed by atoms with E-state index in [1.807, 2.05) is 30.3 Å². The Morgan fingerprint density at radius 3 is 2.38 bits per heavy atom. The lowest BCUT2D eigenvalue weighted by Gasteiger charge is -2.16. The molecule has 0 aliphatic carbocycles. The summed E-state index contributed by atoms with van der Waals surface area (Å²) in [6.45, 7) is 3.28. The van der Waals surface area contributed by atoms with E-state index in [9.17, 15) is 0 Å². The van der Waals surface area contributed by atoms with Crippen LogP contribution in [-0.4, -0.2) is 25.1 Å². The zero-order valence-electron chi connectivity index (χ0n) is 13.8. The van der Waals surface area contributed by atoms with Crippen molar-refractivity contribution in [2.45, 2.75) is 19.5 Å². The van der Waals surface area contributed by atoms with Crippen molar-refractivity contribution in [2.24, 2.45) is 0 Å². The third-order valence-corrected chi connectivity index (χ3v) is 3.77. The monoisotopic (exact) mass is 390 g/mol. The molecule has 0 aliphatic heterocycles. The predicted octanol–water partition coefficient (Wildman–Crippen LogP) is 4.73. The fourth-order valence-electron chi connectivity index (χ4n) is 2.22. The molecule has 2 aromatic rings. The first kappa shape index (κ1) is 23.2. The Morgan fingerprint density at radius 2 is 1.67 bits per heavy atom. The molecule has 134 valence electrons. The Labute approximate surface area is 162 Å². The average Bonchev–Trinajstić information content (AvgIpc) is 2.53. The van der Waals surface area contributed by atoms with Crippen LogP contribution in [0, 0.1) is 0 Å². The van der Waals surface area contributed by atoms with Crippen molar-refractivity contribution in [2.75, 3.05) is 20.2 Å². The molecule has 0 unspecified atom stereocenters. The van der Waals surface area contributed by atoms with E-state index in [-0.39, 0.29) is 24.8 Å². The molecule has 3 nitrogen and oxygen atoms in total. The summed E-state index contributed by atoms with van der Waals surface area (Å²) in [7, 11) is 2.13. The van der Waals surface area contributed by atoms with Gasteiger partial charge >= 0.3 is 0 Å². The molecule has 0 bridgehead atoms. The molecule has 0 fully saturated rings. The van der Waals surface area contributed by atoms with Crippen molar-refractivity contribution in [1.82, 2.24) is 10.4 Å². The number of hydroxylamine groups is 1. The first-order valence-corrected chi connectivity index (χ1v) is 7.94. The fourth-order valence-corrected chi connectivity index (χ4v) is 2.43. The summed E-state index contributed by atoms with van der Waals surface area (Å²) in [6, 6.07) is 18.3. The van der Waals surface area contributed by atoms with E-state index in [1.165, 1.54) is 5.56 Å². The Hall–Kier alpha value is -0.810. The standard InChI is InChI=1S/C18H23ClN2O.2ClH/c1-21(15-16-8-3-2-4-9-16)12-7-13-22-20-14-17-10-5-6-11-18(17)19;;/h2-6,8-11,20H,7,12-15H2,1H3;2*1H. The zero-order chi connectivity index (χ0) is 15.6. The van der Waals surface area contributed by atoms with Gasteiger partial charge in [-0.3, -0.25) is 0 Å². The first-order chi connectivity index (χ1) is 10.8.